The molecule has 14 heavy (non-hydrogen) atoms. The van der Waals surface area contributed by atoms with Gasteiger partial charge < -0.3 is 10.5 Å². The van der Waals surface area contributed by atoms with Crippen LogP contribution in [0.1, 0.15) is 10.4 Å². The van der Waals surface area contributed by atoms with E-state index in [4.69, 9.17) is 10.9 Å². The Kier molecular flexibility index (Phi) is 3.03. The van der Waals surface area contributed by atoms with Crippen molar-refractivity contribution < 1.29 is 19.5 Å². The number of amides is 2. The summed E-state index contributed by atoms with van der Waals surface area (Å²) in [4.78, 5) is 21.2. The van der Waals surface area contributed by atoms with Gasteiger partial charge >= 0.3 is 6.09 Å². The summed E-state index contributed by atoms with van der Waals surface area (Å²) < 4.78 is 4.53. The topological polar surface area (TPSA) is 102 Å². The Hall–Kier alpha value is -2.08. The molecular weight excluding hydrogens is 188 g/mol. The average molecular weight is 196 g/mol. The highest BCUT2D eigenvalue weighted by atomic mass is 16.5. The third-order valence-electron chi connectivity index (χ3n) is 1.44. The van der Waals surface area contributed by atoms with Crippen molar-refractivity contribution in [2.45, 2.75) is 0 Å². The molecule has 74 valence electrons. The first kappa shape index (κ1) is 10.0. The molecule has 0 radical (unpaired) electrons. The third kappa shape index (κ3) is 2.46. The molecule has 1 rings (SSSR count). The molecule has 6 heteroatoms. The first-order valence-electron chi connectivity index (χ1n) is 3.65. The number of hydrogen-bond acceptors (Lipinski definition) is 4. The molecule has 0 spiro atoms. The highest BCUT2D eigenvalue weighted by Crippen LogP contribution is 2.11. The lowest BCUT2D eigenvalue weighted by Crippen LogP contribution is -2.19. The SMILES string of the molecule is NC(=O)Oc1ccc(C(=O)NO)cc1. The fraction of sp³-hybridized carbons (Fsp3) is 0. The van der Waals surface area contributed by atoms with E-state index in [1.54, 1.807) is 0 Å². The Morgan fingerprint density at radius 1 is 1.29 bits per heavy atom. The highest BCUT2D eigenvalue weighted by Gasteiger charge is 2.04. The van der Waals surface area contributed by atoms with Gasteiger partial charge in [-0.05, 0) is 24.3 Å². The minimum atomic E-state index is -0.927. The van der Waals surface area contributed by atoms with Crippen LogP contribution in [-0.4, -0.2) is 17.2 Å². The number of ether oxygens (including phenoxy) is 1. The van der Waals surface area contributed by atoms with Crippen molar-refractivity contribution in [1.29, 1.82) is 0 Å². The molecule has 0 atom stereocenters. The Bertz CT molecular complexity index is 347. The van der Waals surface area contributed by atoms with Crippen molar-refractivity contribution in [1.82, 2.24) is 5.48 Å². The van der Waals surface area contributed by atoms with Gasteiger partial charge in [0, 0.05) is 5.56 Å². The second-order valence-electron chi connectivity index (χ2n) is 2.39. The largest absolute Gasteiger partial charge is 0.411 e. The zero-order chi connectivity index (χ0) is 10.6. The molecule has 4 N–H and O–H groups in total. The molecule has 0 fully saturated rings. The van der Waals surface area contributed by atoms with E-state index in [-0.39, 0.29) is 11.3 Å². The van der Waals surface area contributed by atoms with E-state index in [1.165, 1.54) is 29.7 Å². The predicted molar refractivity (Wildman–Crippen MR) is 45.9 cm³/mol. The Labute approximate surface area is 79.2 Å². The van der Waals surface area contributed by atoms with Gasteiger partial charge in [0.05, 0.1) is 0 Å². The molecule has 0 aliphatic carbocycles. The summed E-state index contributed by atoms with van der Waals surface area (Å²) in [6, 6.07) is 5.53. The molecule has 1 aromatic carbocycles. The summed E-state index contributed by atoms with van der Waals surface area (Å²) in [5.41, 5.74) is 6.48. The number of carbonyl (C=O) groups excluding carboxylic acids is 2. The van der Waals surface area contributed by atoms with Crippen LogP contribution in [0, 0.1) is 0 Å². The van der Waals surface area contributed by atoms with Gasteiger partial charge in [-0.2, -0.15) is 0 Å². The molecule has 0 heterocycles. The maximum Gasteiger partial charge on any atom is 0.409 e. The van der Waals surface area contributed by atoms with Gasteiger partial charge in [-0.3, -0.25) is 10.0 Å². The molecule has 0 unspecified atom stereocenters. The van der Waals surface area contributed by atoms with Crippen LogP contribution in [-0.2, 0) is 0 Å². The lowest BCUT2D eigenvalue weighted by molar-refractivity contribution is 0.0706. The van der Waals surface area contributed by atoms with Crippen LogP contribution in [0.2, 0.25) is 0 Å². The first-order valence-corrected chi connectivity index (χ1v) is 3.65. The number of primary amides is 1. The average Bonchev–Trinajstić information content (AvgIpc) is 2.17. The maximum atomic E-state index is 10.9. The van der Waals surface area contributed by atoms with E-state index < -0.39 is 12.0 Å². The fourth-order valence-corrected chi connectivity index (χ4v) is 0.855. The van der Waals surface area contributed by atoms with Crippen LogP contribution >= 0.6 is 0 Å². The predicted octanol–water partition coefficient (Wildman–Crippen LogP) is 0.263. The summed E-state index contributed by atoms with van der Waals surface area (Å²) >= 11 is 0. The summed E-state index contributed by atoms with van der Waals surface area (Å²) in [5.74, 6) is -0.414. The van der Waals surface area contributed by atoms with Crippen LogP contribution in [0.25, 0.3) is 0 Å². The van der Waals surface area contributed by atoms with Gasteiger partial charge in [-0.1, -0.05) is 0 Å². The third-order valence-corrected chi connectivity index (χ3v) is 1.44. The van der Waals surface area contributed by atoms with E-state index in [2.05, 4.69) is 4.74 Å². The highest BCUT2D eigenvalue weighted by molar-refractivity contribution is 5.93. The molecule has 2 amide bonds. The van der Waals surface area contributed by atoms with Crippen molar-refractivity contribution >= 4 is 12.0 Å². The van der Waals surface area contributed by atoms with Gasteiger partial charge in [0.25, 0.3) is 5.91 Å². The maximum absolute atomic E-state index is 10.9. The fourth-order valence-electron chi connectivity index (χ4n) is 0.855. The van der Waals surface area contributed by atoms with Crippen molar-refractivity contribution in [3.63, 3.8) is 0 Å². The van der Waals surface area contributed by atoms with Crippen LogP contribution in [0.4, 0.5) is 4.79 Å². The summed E-state index contributed by atoms with van der Waals surface area (Å²) in [7, 11) is 0. The lowest BCUT2D eigenvalue weighted by Gasteiger charge is -2.01. The minimum absolute atomic E-state index is 0.229. The smallest absolute Gasteiger partial charge is 0.409 e. The van der Waals surface area contributed by atoms with Crippen molar-refractivity contribution in [3.8, 4) is 5.75 Å². The molecule has 1 aromatic rings. The van der Waals surface area contributed by atoms with E-state index in [0.29, 0.717) is 0 Å². The molecule has 0 aromatic heterocycles. The molecule has 0 bridgehead atoms. The molecular formula is C8H8N2O4. The van der Waals surface area contributed by atoms with E-state index >= 15 is 0 Å². The van der Waals surface area contributed by atoms with Gasteiger partial charge in [-0.15, -0.1) is 0 Å². The van der Waals surface area contributed by atoms with Gasteiger partial charge in [0.15, 0.2) is 0 Å². The molecule has 0 aliphatic heterocycles. The normalized spacial score (nSPS) is 9.21. The monoisotopic (exact) mass is 196 g/mol. The van der Waals surface area contributed by atoms with E-state index in [9.17, 15) is 9.59 Å². The van der Waals surface area contributed by atoms with E-state index in [0.717, 1.165) is 0 Å². The van der Waals surface area contributed by atoms with Crippen LogP contribution in [0.3, 0.4) is 0 Å². The quantitative estimate of drug-likeness (QED) is 0.466. The van der Waals surface area contributed by atoms with Gasteiger partial charge in [0.1, 0.15) is 5.75 Å². The minimum Gasteiger partial charge on any atom is -0.411 e. The Balaban J connectivity index is 2.78. The summed E-state index contributed by atoms with van der Waals surface area (Å²) in [5, 5.41) is 8.30. The molecule has 0 aliphatic rings. The Morgan fingerprint density at radius 2 is 1.86 bits per heavy atom. The lowest BCUT2D eigenvalue weighted by atomic mass is 10.2. The number of carbonyl (C=O) groups is 2. The van der Waals surface area contributed by atoms with Crippen molar-refractivity contribution in [2.24, 2.45) is 5.73 Å². The number of nitrogens with two attached hydrogens (primary N) is 1. The number of nitrogens with one attached hydrogen (secondary N) is 1. The number of hydroxylamine groups is 1. The second kappa shape index (κ2) is 4.24. The number of rotatable bonds is 2. The molecule has 0 saturated heterocycles. The zero-order valence-electron chi connectivity index (χ0n) is 7.06. The summed E-state index contributed by atoms with van der Waals surface area (Å²) in [6.45, 7) is 0. The van der Waals surface area contributed by atoms with Crippen molar-refractivity contribution in [2.75, 3.05) is 0 Å². The standard InChI is InChI=1S/C8H8N2O4/c9-8(12)14-6-3-1-5(2-4-6)7(11)10-13/h1-4,13H,(H2,9,12)(H,10,11). The second-order valence-corrected chi connectivity index (χ2v) is 2.39. The van der Waals surface area contributed by atoms with Crippen LogP contribution in [0.15, 0.2) is 24.3 Å². The van der Waals surface area contributed by atoms with Gasteiger partial charge in [-0.25, -0.2) is 10.3 Å². The Morgan fingerprint density at radius 3 is 2.29 bits per heavy atom. The molecule has 6 nitrogen and oxygen atoms in total. The van der Waals surface area contributed by atoms with Crippen LogP contribution < -0.4 is 16.0 Å². The first-order chi connectivity index (χ1) is 6.63. The van der Waals surface area contributed by atoms with Gasteiger partial charge in [0.2, 0.25) is 0 Å². The summed E-state index contributed by atoms with van der Waals surface area (Å²) in [6.07, 6.45) is -0.927. The van der Waals surface area contributed by atoms with Crippen LogP contribution in [0.5, 0.6) is 5.75 Å². The zero-order valence-corrected chi connectivity index (χ0v) is 7.06. The van der Waals surface area contributed by atoms with Crippen molar-refractivity contribution in [3.05, 3.63) is 29.8 Å². The number of hydrogen-bond donors (Lipinski definition) is 3. The van der Waals surface area contributed by atoms with E-state index in [1.807, 2.05) is 0 Å². The number of benzene rings is 1. The molecule has 0 saturated carbocycles.